The quantitative estimate of drug-likeness (QED) is 0.877. The lowest BCUT2D eigenvalue weighted by atomic mass is 10.0. The lowest BCUT2D eigenvalue weighted by Gasteiger charge is -2.26. The summed E-state index contributed by atoms with van der Waals surface area (Å²) in [7, 11) is 1.49. The molecule has 1 fully saturated rings. The molecule has 2 aromatic rings. The van der Waals surface area contributed by atoms with E-state index in [1.54, 1.807) is 0 Å². The van der Waals surface area contributed by atoms with Gasteiger partial charge in [0.15, 0.2) is 0 Å². The van der Waals surface area contributed by atoms with Crippen molar-refractivity contribution in [1.82, 2.24) is 9.88 Å². The van der Waals surface area contributed by atoms with Crippen LogP contribution in [0.15, 0.2) is 18.2 Å². The zero-order valence-electron chi connectivity index (χ0n) is 13.3. The number of aromatic nitrogens is 1. The molecule has 0 saturated carbocycles. The molecule has 0 radical (unpaired) electrons. The normalized spacial score (nSPS) is 15.3. The molecule has 2 heterocycles. The van der Waals surface area contributed by atoms with Gasteiger partial charge in [0.1, 0.15) is 5.56 Å². The molecule has 0 spiro atoms. The molecule has 0 amide bonds. The number of ether oxygens (including phenoxy) is 1. The minimum atomic E-state index is -0.950. The Morgan fingerprint density at radius 1 is 1.30 bits per heavy atom. The fourth-order valence-corrected chi connectivity index (χ4v) is 3.32. The third-order valence-corrected chi connectivity index (χ3v) is 4.44. The Bertz CT molecular complexity index is 678. The number of hydrogen-bond acceptors (Lipinski definition) is 3. The molecule has 1 aromatic heterocycles. The SMILES string of the molecule is COc1[nH]c2cccc(CCN3CCCCC3)c2c1C(=O)O.Cl. The van der Waals surface area contributed by atoms with E-state index in [1.807, 2.05) is 18.2 Å². The smallest absolute Gasteiger partial charge is 0.341 e. The Kier molecular flexibility index (Phi) is 5.91. The molecule has 6 heteroatoms. The zero-order valence-corrected chi connectivity index (χ0v) is 14.1. The third-order valence-electron chi connectivity index (χ3n) is 4.44. The van der Waals surface area contributed by atoms with Crippen molar-refractivity contribution in [1.29, 1.82) is 0 Å². The van der Waals surface area contributed by atoms with E-state index in [-0.39, 0.29) is 18.0 Å². The number of methoxy groups -OCH3 is 1. The Hall–Kier alpha value is -1.72. The number of halogens is 1. The molecular weight excluding hydrogens is 316 g/mol. The van der Waals surface area contributed by atoms with Crippen LogP contribution in [0.2, 0.25) is 0 Å². The number of carboxylic acids is 1. The number of aromatic carboxylic acids is 1. The van der Waals surface area contributed by atoms with Crippen molar-refractivity contribution in [3.8, 4) is 5.88 Å². The molecule has 1 aromatic carbocycles. The fraction of sp³-hybridized carbons (Fsp3) is 0.471. The summed E-state index contributed by atoms with van der Waals surface area (Å²) in [6.07, 6.45) is 4.72. The fourth-order valence-electron chi connectivity index (χ4n) is 3.32. The van der Waals surface area contributed by atoms with Gasteiger partial charge in [0.25, 0.3) is 0 Å². The number of piperidine rings is 1. The van der Waals surface area contributed by atoms with Crippen molar-refractivity contribution in [3.05, 3.63) is 29.3 Å². The van der Waals surface area contributed by atoms with Gasteiger partial charge < -0.3 is 19.7 Å². The summed E-state index contributed by atoms with van der Waals surface area (Å²) < 4.78 is 5.19. The van der Waals surface area contributed by atoms with Crippen LogP contribution >= 0.6 is 12.4 Å². The standard InChI is InChI=1S/C17H22N2O3.ClH/c1-22-16-15(17(20)21)14-12(6-5-7-13(14)18-16)8-11-19-9-3-2-4-10-19;/h5-7,18H,2-4,8-11H2,1H3,(H,20,21);1H. The van der Waals surface area contributed by atoms with Crippen molar-refractivity contribution in [2.45, 2.75) is 25.7 Å². The first-order chi connectivity index (χ1) is 10.7. The maximum Gasteiger partial charge on any atom is 0.341 e. The number of likely N-dealkylation sites (tertiary alicyclic amines) is 1. The third kappa shape index (κ3) is 3.62. The minimum Gasteiger partial charge on any atom is -0.482 e. The number of carboxylic acid groups (broad SMARTS) is 1. The Labute approximate surface area is 142 Å². The number of benzene rings is 1. The van der Waals surface area contributed by atoms with Crippen molar-refractivity contribution in [2.75, 3.05) is 26.7 Å². The summed E-state index contributed by atoms with van der Waals surface area (Å²) in [5, 5.41) is 10.3. The van der Waals surface area contributed by atoms with Crippen molar-refractivity contribution in [2.24, 2.45) is 0 Å². The van der Waals surface area contributed by atoms with Gasteiger partial charge in [-0.15, -0.1) is 12.4 Å². The number of carbonyl (C=O) groups is 1. The number of nitrogens with one attached hydrogen (secondary N) is 1. The van der Waals surface area contributed by atoms with Crippen LogP contribution < -0.4 is 4.74 Å². The van der Waals surface area contributed by atoms with Crippen LogP contribution in [0.4, 0.5) is 0 Å². The van der Waals surface area contributed by atoms with Crippen LogP contribution in [0.5, 0.6) is 5.88 Å². The van der Waals surface area contributed by atoms with E-state index in [0.717, 1.165) is 42.5 Å². The second-order valence-corrected chi connectivity index (χ2v) is 5.83. The highest BCUT2D eigenvalue weighted by Crippen LogP contribution is 2.31. The van der Waals surface area contributed by atoms with Crippen LogP contribution in [0.25, 0.3) is 10.9 Å². The van der Waals surface area contributed by atoms with Crippen molar-refractivity contribution >= 4 is 29.3 Å². The van der Waals surface area contributed by atoms with Crippen LogP contribution in [-0.2, 0) is 6.42 Å². The van der Waals surface area contributed by atoms with Crippen LogP contribution in [-0.4, -0.2) is 47.7 Å². The van der Waals surface area contributed by atoms with Gasteiger partial charge in [0.2, 0.25) is 5.88 Å². The topological polar surface area (TPSA) is 65.6 Å². The lowest BCUT2D eigenvalue weighted by Crippen LogP contribution is -2.31. The summed E-state index contributed by atoms with van der Waals surface area (Å²) in [6.45, 7) is 3.28. The number of rotatable bonds is 5. The molecule has 0 unspecified atom stereocenters. The number of aromatic amines is 1. The van der Waals surface area contributed by atoms with Gasteiger partial charge in [0, 0.05) is 17.4 Å². The number of H-pyrrole nitrogens is 1. The maximum atomic E-state index is 11.6. The molecule has 0 bridgehead atoms. The maximum absolute atomic E-state index is 11.6. The second kappa shape index (κ2) is 7.70. The largest absolute Gasteiger partial charge is 0.482 e. The predicted molar refractivity (Wildman–Crippen MR) is 93.1 cm³/mol. The molecule has 1 aliphatic heterocycles. The van der Waals surface area contributed by atoms with Gasteiger partial charge >= 0.3 is 5.97 Å². The monoisotopic (exact) mass is 338 g/mol. The average Bonchev–Trinajstić information content (AvgIpc) is 2.93. The molecule has 1 saturated heterocycles. The Balaban J connectivity index is 0.00000192. The molecular formula is C17H23ClN2O3. The lowest BCUT2D eigenvalue weighted by molar-refractivity contribution is 0.0695. The number of fused-ring (bicyclic) bond motifs is 1. The first-order valence-electron chi connectivity index (χ1n) is 7.84. The minimum absolute atomic E-state index is 0. The molecule has 126 valence electrons. The molecule has 0 atom stereocenters. The van der Waals surface area contributed by atoms with E-state index in [0.29, 0.717) is 5.88 Å². The van der Waals surface area contributed by atoms with Gasteiger partial charge in [-0.25, -0.2) is 4.79 Å². The second-order valence-electron chi connectivity index (χ2n) is 5.83. The molecule has 2 N–H and O–H groups in total. The van der Waals surface area contributed by atoms with Crippen LogP contribution in [0.3, 0.4) is 0 Å². The van der Waals surface area contributed by atoms with E-state index in [4.69, 9.17) is 4.74 Å². The first kappa shape index (κ1) is 17.6. The average molecular weight is 339 g/mol. The molecule has 0 aliphatic carbocycles. The molecule has 3 rings (SSSR count). The summed E-state index contributed by atoms with van der Waals surface area (Å²) in [5.74, 6) is -0.624. The first-order valence-corrected chi connectivity index (χ1v) is 7.84. The molecule has 5 nitrogen and oxygen atoms in total. The van der Waals surface area contributed by atoms with Gasteiger partial charge in [-0.2, -0.15) is 0 Å². The number of hydrogen-bond donors (Lipinski definition) is 2. The molecule has 1 aliphatic rings. The van der Waals surface area contributed by atoms with Gasteiger partial charge in [-0.3, -0.25) is 0 Å². The van der Waals surface area contributed by atoms with E-state index in [2.05, 4.69) is 9.88 Å². The van der Waals surface area contributed by atoms with E-state index in [9.17, 15) is 9.90 Å². The summed E-state index contributed by atoms with van der Waals surface area (Å²) in [5.41, 5.74) is 2.14. The van der Waals surface area contributed by atoms with Crippen molar-refractivity contribution < 1.29 is 14.6 Å². The highest BCUT2D eigenvalue weighted by atomic mass is 35.5. The Morgan fingerprint density at radius 3 is 2.70 bits per heavy atom. The molecule has 23 heavy (non-hydrogen) atoms. The van der Waals surface area contributed by atoms with E-state index in [1.165, 1.54) is 26.4 Å². The van der Waals surface area contributed by atoms with Gasteiger partial charge in [0.05, 0.1) is 7.11 Å². The highest BCUT2D eigenvalue weighted by Gasteiger charge is 2.21. The highest BCUT2D eigenvalue weighted by molar-refractivity contribution is 6.07. The van der Waals surface area contributed by atoms with E-state index >= 15 is 0 Å². The number of nitrogens with zero attached hydrogens (tertiary/aromatic N) is 1. The van der Waals surface area contributed by atoms with Crippen molar-refractivity contribution in [3.63, 3.8) is 0 Å². The van der Waals surface area contributed by atoms with Crippen LogP contribution in [0, 0.1) is 0 Å². The van der Waals surface area contributed by atoms with E-state index < -0.39 is 5.97 Å². The van der Waals surface area contributed by atoms with Gasteiger partial charge in [-0.1, -0.05) is 18.6 Å². The summed E-state index contributed by atoms with van der Waals surface area (Å²) in [4.78, 5) is 17.1. The summed E-state index contributed by atoms with van der Waals surface area (Å²) in [6, 6.07) is 5.89. The van der Waals surface area contributed by atoms with Crippen LogP contribution in [0.1, 0.15) is 35.2 Å². The zero-order chi connectivity index (χ0) is 15.5. The van der Waals surface area contributed by atoms with Gasteiger partial charge in [-0.05, 0) is 44.0 Å². The predicted octanol–water partition coefficient (Wildman–Crippen LogP) is 3.32. The Morgan fingerprint density at radius 2 is 2.04 bits per heavy atom. The summed E-state index contributed by atoms with van der Waals surface area (Å²) >= 11 is 0.